The maximum Gasteiger partial charge on any atom is 0.123 e. The largest absolute Gasteiger partial charge is 0.507 e. The van der Waals surface area contributed by atoms with Crippen LogP contribution in [0, 0.1) is 0 Å². The zero-order chi connectivity index (χ0) is 23.4. The van der Waals surface area contributed by atoms with Gasteiger partial charge in [-0.3, -0.25) is 0 Å². The lowest BCUT2D eigenvalue weighted by Gasteiger charge is -2.28. The van der Waals surface area contributed by atoms with Crippen LogP contribution >= 0.6 is 0 Å². The van der Waals surface area contributed by atoms with Crippen LogP contribution in [-0.2, 0) is 36.5 Å². The van der Waals surface area contributed by atoms with Gasteiger partial charge in [-0.1, -0.05) is 106 Å². The number of benzene rings is 2. The van der Waals surface area contributed by atoms with Gasteiger partial charge in [-0.15, -0.1) is 0 Å². The van der Waals surface area contributed by atoms with E-state index in [4.69, 9.17) is 0 Å². The first-order valence-electron chi connectivity index (χ1n) is 12.4. The van der Waals surface area contributed by atoms with E-state index < -0.39 is 0 Å². The summed E-state index contributed by atoms with van der Waals surface area (Å²) in [5.74, 6) is 0.476. The zero-order valence-corrected chi connectivity index (χ0v) is 21.7. The summed E-state index contributed by atoms with van der Waals surface area (Å²) in [5.41, 5.74) is 9.33. The Morgan fingerprint density at radius 3 is 1.39 bits per heavy atom. The third kappa shape index (κ3) is 6.37. The predicted octanol–water partition coefficient (Wildman–Crippen LogP) is 8.44. The molecule has 0 atom stereocenters. The number of phenols is 1. The molecule has 0 aliphatic carbocycles. The van der Waals surface area contributed by atoms with Crippen LogP contribution in [0.2, 0.25) is 0 Å². The second kappa shape index (κ2) is 10.2. The van der Waals surface area contributed by atoms with Gasteiger partial charge in [-0.05, 0) is 75.5 Å². The number of hydrogen-bond acceptors (Lipinski definition) is 1. The Balaban J connectivity index is 2.68. The highest BCUT2D eigenvalue weighted by molar-refractivity contribution is 5.52. The van der Waals surface area contributed by atoms with Gasteiger partial charge < -0.3 is 5.11 Å². The summed E-state index contributed by atoms with van der Waals surface area (Å²) in [5, 5.41) is 11.1. The van der Waals surface area contributed by atoms with Crippen molar-refractivity contribution in [3.63, 3.8) is 0 Å². The summed E-state index contributed by atoms with van der Waals surface area (Å²) < 4.78 is 0. The number of aryl methyl sites for hydroxylation is 3. The molecule has 1 heteroatoms. The van der Waals surface area contributed by atoms with Crippen molar-refractivity contribution in [3.8, 4) is 5.75 Å². The minimum absolute atomic E-state index is 0.0937. The van der Waals surface area contributed by atoms with Gasteiger partial charge >= 0.3 is 0 Å². The Kier molecular flexibility index (Phi) is 8.42. The van der Waals surface area contributed by atoms with E-state index in [0.29, 0.717) is 5.75 Å². The van der Waals surface area contributed by atoms with Crippen molar-refractivity contribution in [3.05, 3.63) is 63.2 Å². The molecule has 0 fully saturated rings. The molecule has 2 rings (SSSR count). The second-order valence-corrected chi connectivity index (χ2v) is 11.4. The molecule has 2 aromatic carbocycles. The molecular weight excluding hydrogens is 376 g/mol. The number of phenolic OH excluding ortho intramolecular Hbond substituents is 1. The molecule has 0 aromatic heterocycles. The summed E-state index contributed by atoms with van der Waals surface area (Å²) >= 11 is 0. The minimum atomic E-state index is -0.0937. The first-order valence-corrected chi connectivity index (χ1v) is 12.4. The highest BCUT2D eigenvalue weighted by Crippen LogP contribution is 2.40. The molecule has 0 heterocycles. The van der Waals surface area contributed by atoms with Crippen LogP contribution < -0.4 is 0 Å². The van der Waals surface area contributed by atoms with Crippen molar-refractivity contribution in [1.82, 2.24) is 0 Å². The Bertz CT molecular complexity index is 812. The molecule has 31 heavy (non-hydrogen) atoms. The fourth-order valence-corrected chi connectivity index (χ4v) is 4.66. The Morgan fingerprint density at radius 2 is 1.03 bits per heavy atom. The molecule has 0 amide bonds. The van der Waals surface area contributed by atoms with Crippen LogP contribution in [0.15, 0.2) is 24.3 Å². The van der Waals surface area contributed by atoms with Crippen molar-refractivity contribution in [1.29, 1.82) is 0 Å². The molecule has 0 aliphatic rings. The van der Waals surface area contributed by atoms with Gasteiger partial charge in [0.15, 0.2) is 0 Å². The number of aromatic hydroxyl groups is 1. The van der Waals surface area contributed by atoms with Crippen LogP contribution in [0.3, 0.4) is 0 Å². The minimum Gasteiger partial charge on any atom is -0.507 e. The van der Waals surface area contributed by atoms with E-state index in [1.807, 2.05) is 0 Å². The normalized spacial score (nSPS) is 12.4. The lowest BCUT2D eigenvalue weighted by atomic mass is 9.77. The molecule has 0 bridgehead atoms. The molecule has 0 saturated heterocycles. The van der Waals surface area contributed by atoms with Crippen LogP contribution in [0.4, 0.5) is 0 Å². The lowest BCUT2D eigenvalue weighted by molar-refractivity contribution is 0.423. The Hall–Kier alpha value is -1.76. The van der Waals surface area contributed by atoms with Crippen molar-refractivity contribution in [2.45, 2.75) is 118 Å². The van der Waals surface area contributed by atoms with E-state index in [9.17, 15) is 5.11 Å². The predicted molar refractivity (Wildman–Crippen MR) is 137 cm³/mol. The molecule has 172 valence electrons. The van der Waals surface area contributed by atoms with E-state index in [1.54, 1.807) is 0 Å². The first-order chi connectivity index (χ1) is 14.4. The molecular formula is C30H46O. The van der Waals surface area contributed by atoms with E-state index in [1.165, 1.54) is 47.1 Å². The maximum absolute atomic E-state index is 11.1. The van der Waals surface area contributed by atoms with Crippen molar-refractivity contribution >= 4 is 0 Å². The molecule has 0 aliphatic heterocycles. The highest BCUT2D eigenvalue weighted by Gasteiger charge is 2.27. The summed E-state index contributed by atoms with van der Waals surface area (Å²) in [7, 11) is 0. The van der Waals surface area contributed by atoms with Crippen LogP contribution in [-0.4, -0.2) is 5.11 Å². The molecule has 0 saturated carbocycles. The summed E-state index contributed by atoms with van der Waals surface area (Å²) in [6.07, 6.45) is 7.92. The van der Waals surface area contributed by atoms with Gasteiger partial charge in [-0.25, -0.2) is 0 Å². The average Bonchev–Trinajstić information content (AvgIpc) is 2.64. The smallest absolute Gasteiger partial charge is 0.123 e. The Morgan fingerprint density at radius 1 is 0.613 bits per heavy atom. The molecule has 0 radical (unpaired) electrons. The van der Waals surface area contributed by atoms with Crippen molar-refractivity contribution in [2.75, 3.05) is 0 Å². The van der Waals surface area contributed by atoms with Crippen molar-refractivity contribution in [2.24, 2.45) is 0 Å². The number of rotatable bonds is 8. The van der Waals surface area contributed by atoms with Gasteiger partial charge in [0.05, 0.1) is 0 Å². The van der Waals surface area contributed by atoms with Crippen molar-refractivity contribution < 1.29 is 5.11 Å². The molecule has 0 unspecified atom stereocenters. The van der Waals surface area contributed by atoms with Gasteiger partial charge in [0.25, 0.3) is 0 Å². The average molecular weight is 423 g/mol. The van der Waals surface area contributed by atoms with E-state index >= 15 is 0 Å². The first kappa shape index (κ1) is 25.5. The van der Waals surface area contributed by atoms with Crippen LogP contribution in [0.1, 0.15) is 121 Å². The lowest BCUT2D eigenvalue weighted by Crippen LogP contribution is -2.18. The summed E-state index contributed by atoms with van der Waals surface area (Å²) in [6, 6.07) is 9.46. The van der Waals surface area contributed by atoms with E-state index in [0.717, 1.165) is 36.8 Å². The quantitative estimate of drug-likeness (QED) is 0.452. The Labute approximate surface area is 192 Å². The summed E-state index contributed by atoms with van der Waals surface area (Å²) in [4.78, 5) is 0. The van der Waals surface area contributed by atoms with Gasteiger partial charge in [0.1, 0.15) is 5.75 Å². The maximum atomic E-state index is 11.1. The highest BCUT2D eigenvalue weighted by atomic mass is 16.3. The monoisotopic (exact) mass is 422 g/mol. The summed E-state index contributed by atoms with van der Waals surface area (Å²) in [6.45, 7) is 20.0. The van der Waals surface area contributed by atoms with Gasteiger partial charge in [0.2, 0.25) is 0 Å². The molecule has 1 N–H and O–H groups in total. The third-order valence-corrected chi connectivity index (χ3v) is 6.24. The standard InChI is InChI=1S/C30H46O/c1-10-13-21-16-23(14-11-2)25(24(17-21)15-12-3)18-22-19-26(29(4,5)6)28(31)27(20-22)30(7,8)9/h16-17,19-20,31H,10-15,18H2,1-9H3. The fourth-order valence-electron chi connectivity index (χ4n) is 4.66. The van der Waals surface area contributed by atoms with Gasteiger partial charge in [0, 0.05) is 0 Å². The molecule has 2 aromatic rings. The number of hydrogen-bond donors (Lipinski definition) is 1. The molecule has 0 spiro atoms. The van der Waals surface area contributed by atoms with Gasteiger partial charge in [-0.2, -0.15) is 0 Å². The zero-order valence-electron chi connectivity index (χ0n) is 21.7. The topological polar surface area (TPSA) is 20.2 Å². The second-order valence-electron chi connectivity index (χ2n) is 11.4. The van der Waals surface area contributed by atoms with Crippen LogP contribution in [0.25, 0.3) is 0 Å². The van der Waals surface area contributed by atoms with Crippen LogP contribution in [0.5, 0.6) is 5.75 Å². The fraction of sp³-hybridized carbons (Fsp3) is 0.600. The van der Waals surface area contributed by atoms with E-state index in [2.05, 4.69) is 86.6 Å². The third-order valence-electron chi connectivity index (χ3n) is 6.24. The molecule has 1 nitrogen and oxygen atoms in total. The van der Waals surface area contributed by atoms with E-state index in [-0.39, 0.29) is 10.8 Å². The SMILES string of the molecule is CCCc1cc(CCC)c(Cc2cc(C(C)(C)C)c(O)c(C(C)(C)C)c2)c(CCC)c1.